The minimum atomic E-state index is -3.53. The van der Waals surface area contributed by atoms with Crippen molar-refractivity contribution in [1.29, 1.82) is 0 Å². The Labute approximate surface area is 180 Å². The van der Waals surface area contributed by atoms with E-state index in [1.54, 1.807) is 40.7 Å². The predicted molar refractivity (Wildman–Crippen MR) is 118 cm³/mol. The molecule has 3 aromatic rings. The first-order chi connectivity index (χ1) is 14.9. The summed E-state index contributed by atoms with van der Waals surface area (Å²) in [6.07, 6.45) is 5.05. The van der Waals surface area contributed by atoms with Crippen LogP contribution in [0.2, 0.25) is 0 Å². The zero-order chi connectivity index (χ0) is 21.8. The number of carbonyl (C=O) groups is 1. The molecule has 0 radical (unpaired) electrons. The highest BCUT2D eigenvalue weighted by Gasteiger charge is 2.25. The van der Waals surface area contributed by atoms with E-state index >= 15 is 0 Å². The van der Waals surface area contributed by atoms with Crippen molar-refractivity contribution in [2.45, 2.75) is 37.1 Å². The molecule has 9 heteroatoms. The highest BCUT2D eigenvalue weighted by atomic mass is 32.2. The van der Waals surface area contributed by atoms with Crippen LogP contribution in [-0.2, 0) is 21.4 Å². The molecule has 2 heterocycles. The summed E-state index contributed by atoms with van der Waals surface area (Å²) < 4.78 is 28.7. The Morgan fingerprint density at radius 2 is 1.65 bits per heavy atom. The van der Waals surface area contributed by atoms with Crippen molar-refractivity contribution in [3.63, 3.8) is 0 Å². The molecule has 4 rings (SSSR count). The molecule has 0 spiro atoms. The van der Waals surface area contributed by atoms with Crippen LogP contribution in [0.5, 0.6) is 0 Å². The molecule has 1 aliphatic heterocycles. The van der Waals surface area contributed by atoms with Gasteiger partial charge in [0.05, 0.1) is 16.6 Å². The van der Waals surface area contributed by atoms with Crippen molar-refractivity contribution in [2.24, 2.45) is 0 Å². The van der Waals surface area contributed by atoms with E-state index in [1.165, 1.54) is 23.0 Å². The van der Waals surface area contributed by atoms with E-state index in [4.69, 9.17) is 0 Å². The fourth-order valence-corrected chi connectivity index (χ4v) is 5.28. The van der Waals surface area contributed by atoms with Crippen LogP contribution in [-0.4, -0.2) is 41.5 Å². The molecule has 1 saturated heterocycles. The Kier molecular flexibility index (Phi) is 6.15. The van der Waals surface area contributed by atoms with Gasteiger partial charge in [-0.15, -0.1) is 0 Å². The number of amides is 1. The standard InChI is InChI=1S/C22H24N4O4S/c27-21-15-23-26(20-8-4-3-7-19(20)21)16-22(28)24-17-9-11-18(12-10-17)31(29,30)25-13-5-1-2-6-14-25/h3-4,7-12,15H,1-2,5-6,13-14,16H2,(H,24,28). The van der Waals surface area contributed by atoms with Gasteiger partial charge in [0.15, 0.2) is 0 Å². The number of rotatable bonds is 5. The minimum absolute atomic E-state index is 0.0748. The number of para-hydroxylation sites is 1. The molecule has 1 aromatic heterocycles. The van der Waals surface area contributed by atoms with E-state index in [9.17, 15) is 18.0 Å². The molecule has 1 fully saturated rings. The van der Waals surface area contributed by atoms with Gasteiger partial charge in [0.2, 0.25) is 21.4 Å². The molecule has 0 atom stereocenters. The van der Waals surface area contributed by atoms with Crippen molar-refractivity contribution in [3.05, 3.63) is 65.0 Å². The molecule has 1 N–H and O–H groups in total. The average Bonchev–Trinajstić information content (AvgIpc) is 3.07. The number of sulfonamides is 1. The monoisotopic (exact) mass is 440 g/mol. The molecule has 1 aliphatic rings. The number of hydrogen-bond acceptors (Lipinski definition) is 5. The lowest BCUT2D eigenvalue weighted by Gasteiger charge is -2.20. The fraction of sp³-hybridized carbons (Fsp3) is 0.318. The van der Waals surface area contributed by atoms with Gasteiger partial charge in [-0.25, -0.2) is 8.42 Å². The lowest BCUT2D eigenvalue weighted by molar-refractivity contribution is -0.116. The summed E-state index contributed by atoms with van der Waals surface area (Å²) in [6, 6.07) is 13.2. The summed E-state index contributed by atoms with van der Waals surface area (Å²) >= 11 is 0. The molecule has 0 aliphatic carbocycles. The van der Waals surface area contributed by atoms with Crippen molar-refractivity contribution in [2.75, 3.05) is 18.4 Å². The lowest BCUT2D eigenvalue weighted by atomic mass is 10.2. The van der Waals surface area contributed by atoms with E-state index < -0.39 is 10.0 Å². The summed E-state index contributed by atoms with van der Waals surface area (Å²) in [7, 11) is -3.53. The van der Waals surface area contributed by atoms with Gasteiger partial charge in [0, 0.05) is 24.2 Å². The van der Waals surface area contributed by atoms with E-state index in [0.29, 0.717) is 29.7 Å². The van der Waals surface area contributed by atoms with Crippen LogP contribution in [0.4, 0.5) is 5.69 Å². The van der Waals surface area contributed by atoms with Crippen molar-refractivity contribution in [3.8, 4) is 0 Å². The number of hydrogen-bond donors (Lipinski definition) is 1. The summed E-state index contributed by atoms with van der Waals surface area (Å²) in [5, 5.41) is 7.30. The summed E-state index contributed by atoms with van der Waals surface area (Å²) in [5.74, 6) is -0.329. The average molecular weight is 441 g/mol. The maximum atomic E-state index is 12.9. The SMILES string of the molecule is O=C(Cn1ncc(=O)c2ccccc21)Nc1ccc(S(=O)(=O)N2CCCCCC2)cc1. The second kappa shape index (κ2) is 8.99. The van der Waals surface area contributed by atoms with Gasteiger partial charge in [-0.2, -0.15) is 9.40 Å². The van der Waals surface area contributed by atoms with Gasteiger partial charge < -0.3 is 5.32 Å². The lowest BCUT2D eigenvalue weighted by Crippen LogP contribution is -2.31. The predicted octanol–water partition coefficient (Wildman–Crippen LogP) is 2.60. The molecule has 0 unspecified atom stereocenters. The Morgan fingerprint density at radius 3 is 2.35 bits per heavy atom. The van der Waals surface area contributed by atoms with Crippen molar-refractivity contribution in [1.82, 2.24) is 14.1 Å². The van der Waals surface area contributed by atoms with Crippen molar-refractivity contribution >= 4 is 32.5 Å². The third-order valence-electron chi connectivity index (χ3n) is 5.40. The molecular formula is C22H24N4O4S. The third kappa shape index (κ3) is 4.67. The number of nitrogens with zero attached hydrogens (tertiary/aromatic N) is 3. The first-order valence-corrected chi connectivity index (χ1v) is 11.7. The van der Waals surface area contributed by atoms with E-state index in [2.05, 4.69) is 10.4 Å². The van der Waals surface area contributed by atoms with Gasteiger partial charge >= 0.3 is 0 Å². The summed E-state index contributed by atoms with van der Waals surface area (Å²) in [5.41, 5.74) is 0.864. The summed E-state index contributed by atoms with van der Waals surface area (Å²) in [6.45, 7) is 1.01. The number of benzene rings is 2. The normalized spacial score (nSPS) is 15.5. The second-order valence-corrected chi connectivity index (χ2v) is 9.51. The number of anilines is 1. The summed E-state index contributed by atoms with van der Waals surface area (Å²) in [4.78, 5) is 24.6. The molecule has 31 heavy (non-hydrogen) atoms. The maximum Gasteiger partial charge on any atom is 0.246 e. The molecule has 2 aromatic carbocycles. The van der Waals surface area contributed by atoms with Crippen LogP contribution in [0.1, 0.15) is 25.7 Å². The molecular weight excluding hydrogens is 416 g/mol. The Bertz CT molecular complexity index is 1240. The van der Waals surface area contributed by atoms with Crippen molar-refractivity contribution < 1.29 is 13.2 Å². The third-order valence-corrected chi connectivity index (χ3v) is 7.31. The van der Waals surface area contributed by atoms with Gasteiger partial charge in [-0.1, -0.05) is 25.0 Å². The number of aromatic nitrogens is 2. The van der Waals surface area contributed by atoms with Gasteiger partial charge in [0.1, 0.15) is 6.54 Å². The molecule has 0 saturated carbocycles. The fourth-order valence-electron chi connectivity index (χ4n) is 3.76. The van der Waals surface area contributed by atoms with Crippen LogP contribution in [0.15, 0.2) is 64.4 Å². The quantitative estimate of drug-likeness (QED) is 0.657. The number of fused-ring (bicyclic) bond motifs is 1. The Hall–Kier alpha value is -3.04. The van der Waals surface area contributed by atoms with Crippen LogP contribution >= 0.6 is 0 Å². The van der Waals surface area contributed by atoms with E-state index in [0.717, 1.165) is 25.7 Å². The Morgan fingerprint density at radius 1 is 0.968 bits per heavy atom. The minimum Gasteiger partial charge on any atom is -0.324 e. The molecule has 0 bridgehead atoms. The highest BCUT2D eigenvalue weighted by molar-refractivity contribution is 7.89. The van der Waals surface area contributed by atoms with Crippen LogP contribution < -0.4 is 10.7 Å². The second-order valence-electron chi connectivity index (χ2n) is 7.57. The van der Waals surface area contributed by atoms with Crippen LogP contribution in [0.3, 0.4) is 0 Å². The maximum absolute atomic E-state index is 12.9. The van der Waals surface area contributed by atoms with Gasteiger partial charge in [0.25, 0.3) is 0 Å². The topological polar surface area (TPSA) is 101 Å². The van der Waals surface area contributed by atoms with Gasteiger partial charge in [-0.05, 0) is 49.2 Å². The Balaban J connectivity index is 1.46. The first kappa shape index (κ1) is 21.2. The zero-order valence-corrected chi connectivity index (χ0v) is 17.8. The highest BCUT2D eigenvalue weighted by Crippen LogP contribution is 2.22. The van der Waals surface area contributed by atoms with E-state index in [-0.39, 0.29) is 22.8 Å². The first-order valence-electron chi connectivity index (χ1n) is 10.3. The number of carbonyl (C=O) groups excluding carboxylic acids is 1. The van der Waals surface area contributed by atoms with Crippen LogP contribution in [0.25, 0.3) is 10.9 Å². The molecule has 8 nitrogen and oxygen atoms in total. The molecule has 162 valence electrons. The zero-order valence-electron chi connectivity index (χ0n) is 17.0. The van der Waals surface area contributed by atoms with Gasteiger partial charge in [-0.3, -0.25) is 14.3 Å². The smallest absolute Gasteiger partial charge is 0.246 e. The largest absolute Gasteiger partial charge is 0.324 e. The number of nitrogens with one attached hydrogen (secondary N) is 1. The van der Waals surface area contributed by atoms with Crippen LogP contribution in [0, 0.1) is 0 Å². The molecule has 1 amide bonds. The van der Waals surface area contributed by atoms with E-state index in [1.807, 2.05) is 0 Å².